The average molecular weight is 604 g/mol. The van der Waals surface area contributed by atoms with Gasteiger partial charge >= 0.3 is 0 Å². The number of hydrogen-bond acceptors (Lipinski definition) is 1. The molecule has 0 aliphatic heterocycles. The highest BCUT2D eigenvalue weighted by molar-refractivity contribution is 6.10. The van der Waals surface area contributed by atoms with Crippen LogP contribution in [0.25, 0.3) is 77.9 Å². The van der Waals surface area contributed by atoms with Crippen molar-refractivity contribution in [2.75, 3.05) is 0 Å². The molecule has 0 atom stereocenters. The van der Waals surface area contributed by atoms with Gasteiger partial charge in [-0.3, -0.25) is 0 Å². The summed E-state index contributed by atoms with van der Waals surface area (Å²) < 4.78 is 8.63. The summed E-state index contributed by atoms with van der Waals surface area (Å²) in [5.74, 6) is 1.00. The van der Waals surface area contributed by atoms with Crippen molar-refractivity contribution in [3.63, 3.8) is 0 Å². The van der Waals surface area contributed by atoms with Crippen LogP contribution >= 0.6 is 0 Å². The second-order valence-electron chi connectivity index (χ2n) is 13.7. The van der Waals surface area contributed by atoms with Gasteiger partial charge in [0.15, 0.2) is 0 Å². The molecule has 0 saturated carbocycles. The molecular weight excluding hydrogens is 571 g/mol. The van der Waals surface area contributed by atoms with Gasteiger partial charge < -0.3 is 8.98 Å². The van der Waals surface area contributed by atoms with Crippen LogP contribution < -0.4 is 0 Å². The molecule has 0 N–H and O–H groups in total. The van der Waals surface area contributed by atoms with Gasteiger partial charge in [0.2, 0.25) is 0 Å². The summed E-state index contributed by atoms with van der Waals surface area (Å²) in [6, 6.07) is 47.3. The van der Waals surface area contributed by atoms with Gasteiger partial charge in [0.25, 0.3) is 0 Å². The van der Waals surface area contributed by atoms with Crippen LogP contribution in [0.5, 0.6) is 0 Å². The highest BCUT2D eigenvalue weighted by Gasteiger charge is 2.35. The van der Waals surface area contributed by atoms with Gasteiger partial charge in [-0.2, -0.15) is 0 Å². The minimum absolute atomic E-state index is 0.00567. The van der Waals surface area contributed by atoms with Crippen molar-refractivity contribution in [2.24, 2.45) is 0 Å². The Labute approximate surface area is 274 Å². The molecule has 0 unspecified atom stereocenters. The fraction of sp³-hybridized carbons (Fsp3) is 0.111. The quantitative estimate of drug-likeness (QED) is 0.196. The fourth-order valence-corrected chi connectivity index (χ4v) is 8.27. The maximum atomic E-state index is 6.21. The van der Waals surface area contributed by atoms with Gasteiger partial charge in [0.05, 0.1) is 11.0 Å². The zero-order valence-electron chi connectivity index (χ0n) is 26.5. The molecule has 0 saturated heterocycles. The summed E-state index contributed by atoms with van der Waals surface area (Å²) >= 11 is 0. The van der Waals surface area contributed by atoms with Crippen molar-refractivity contribution in [3.05, 3.63) is 156 Å². The summed E-state index contributed by atoms with van der Waals surface area (Å²) in [6.45, 7) is 4.69. The minimum atomic E-state index is -0.00567. The van der Waals surface area contributed by atoms with Crippen molar-refractivity contribution in [3.8, 4) is 39.1 Å². The highest BCUT2D eigenvalue weighted by Crippen LogP contribution is 2.49. The van der Waals surface area contributed by atoms with E-state index in [-0.39, 0.29) is 5.41 Å². The van der Waals surface area contributed by atoms with Crippen molar-refractivity contribution in [1.29, 1.82) is 0 Å². The zero-order valence-corrected chi connectivity index (χ0v) is 26.5. The van der Waals surface area contributed by atoms with E-state index < -0.39 is 0 Å². The molecular formula is C45H33NO. The fourth-order valence-electron chi connectivity index (χ4n) is 8.27. The molecule has 2 aliphatic rings. The Kier molecular flexibility index (Phi) is 5.49. The largest absolute Gasteiger partial charge is 0.456 e. The van der Waals surface area contributed by atoms with E-state index in [1.54, 1.807) is 0 Å². The summed E-state index contributed by atoms with van der Waals surface area (Å²) in [7, 11) is 0. The van der Waals surface area contributed by atoms with Gasteiger partial charge in [-0.05, 0) is 99.8 Å². The van der Waals surface area contributed by atoms with Crippen molar-refractivity contribution in [2.45, 2.75) is 32.1 Å². The molecule has 2 nitrogen and oxygen atoms in total. The Morgan fingerprint density at radius 2 is 1.28 bits per heavy atom. The number of aromatic nitrogens is 1. The van der Waals surface area contributed by atoms with Gasteiger partial charge in [0, 0.05) is 32.8 Å². The lowest BCUT2D eigenvalue weighted by Gasteiger charge is -2.22. The molecule has 0 radical (unpaired) electrons. The van der Waals surface area contributed by atoms with Crippen LogP contribution in [0.15, 0.2) is 138 Å². The van der Waals surface area contributed by atoms with E-state index in [1.807, 2.05) is 0 Å². The Morgan fingerprint density at radius 3 is 2.15 bits per heavy atom. The van der Waals surface area contributed by atoms with Crippen LogP contribution in [0.1, 0.15) is 42.7 Å². The number of aryl methyl sites for hydroxylation is 1. The molecule has 8 aromatic rings. The second-order valence-corrected chi connectivity index (χ2v) is 13.7. The summed E-state index contributed by atoms with van der Waals surface area (Å²) in [5, 5.41) is 3.75. The maximum absolute atomic E-state index is 6.21. The lowest BCUT2D eigenvalue weighted by Crippen LogP contribution is -2.14. The summed E-state index contributed by atoms with van der Waals surface area (Å²) in [4.78, 5) is 0. The highest BCUT2D eigenvalue weighted by atomic mass is 16.3. The number of allylic oxidation sites excluding steroid dienone is 1. The monoisotopic (exact) mass is 603 g/mol. The number of benzene rings is 6. The molecule has 0 amide bonds. The number of fused-ring (bicyclic) bond motifs is 9. The van der Waals surface area contributed by atoms with Gasteiger partial charge in [0.1, 0.15) is 11.3 Å². The Balaban J connectivity index is 1.06. The van der Waals surface area contributed by atoms with Crippen LogP contribution in [0.3, 0.4) is 0 Å². The van der Waals surface area contributed by atoms with Crippen LogP contribution in [0, 0.1) is 0 Å². The van der Waals surface area contributed by atoms with Crippen LogP contribution in [0.4, 0.5) is 0 Å². The summed E-state index contributed by atoms with van der Waals surface area (Å²) in [6.07, 6.45) is 6.41. The number of para-hydroxylation sites is 1. The SMILES string of the molecule is CC1(C)c2ccccc2-c2ccc(-c3ccc(-c4ccc5c6ccccc6n(-c6ccc7oc8c(c7c6)CCC=C8)c5c4)cc3)cc21. The van der Waals surface area contributed by atoms with Crippen molar-refractivity contribution in [1.82, 2.24) is 4.57 Å². The van der Waals surface area contributed by atoms with E-state index in [0.717, 1.165) is 29.9 Å². The standard InChI is InChI=1S/C45H33NO/c1-45(2)39-12-6-3-9-33(39)34-22-19-30(25-40(34)45)28-15-17-29(18-16-28)31-20-23-36-35-10-4-7-13-41(35)46(42(36)26-31)32-21-24-44-38(27-32)37-11-5-8-14-43(37)47-44/h3-4,6-10,12-27H,5,11H2,1-2H3. The molecule has 224 valence electrons. The minimum Gasteiger partial charge on any atom is -0.456 e. The van der Waals surface area contributed by atoms with Crippen LogP contribution in [-0.2, 0) is 11.8 Å². The predicted octanol–water partition coefficient (Wildman–Crippen LogP) is 12.1. The Hall–Kier alpha value is -5.60. The second kappa shape index (κ2) is 9.70. The van der Waals surface area contributed by atoms with Crippen molar-refractivity contribution >= 4 is 38.9 Å². The number of rotatable bonds is 3. The first-order valence-corrected chi connectivity index (χ1v) is 16.7. The maximum Gasteiger partial charge on any atom is 0.135 e. The predicted molar refractivity (Wildman–Crippen MR) is 196 cm³/mol. The van der Waals surface area contributed by atoms with Crippen LogP contribution in [0.2, 0.25) is 0 Å². The lowest BCUT2D eigenvalue weighted by atomic mass is 9.81. The van der Waals surface area contributed by atoms with Gasteiger partial charge in [-0.1, -0.05) is 111 Å². The average Bonchev–Trinajstić information content (AvgIpc) is 3.73. The van der Waals surface area contributed by atoms with Gasteiger partial charge in [-0.25, -0.2) is 0 Å². The third kappa shape index (κ3) is 3.85. The molecule has 0 fully saturated rings. The normalized spacial score (nSPS) is 14.5. The first kappa shape index (κ1) is 26.6. The van der Waals surface area contributed by atoms with E-state index in [2.05, 4.69) is 158 Å². The van der Waals surface area contributed by atoms with Gasteiger partial charge in [-0.15, -0.1) is 0 Å². The van der Waals surface area contributed by atoms with E-state index in [4.69, 9.17) is 4.42 Å². The number of furan rings is 1. The third-order valence-electron chi connectivity index (χ3n) is 10.7. The number of hydrogen-bond donors (Lipinski definition) is 0. The topological polar surface area (TPSA) is 18.1 Å². The van der Waals surface area contributed by atoms with E-state index in [9.17, 15) is 0 Å². The molecule has 2 heterocycles. The Bertz CT molecular complexity index is 2590. The van der Waals surface area contributed by atoms with Crippen LogP contribution in [-0.4, -0.2) is 4.57 Å². The van der Waals surface area contributed by atoms with E-state index in [1.165, 1.54) is 77.3 Å². The third-order valence-corrected chi connectivity index (χ3v) is 10.7. The lowest BCUT2D eigenvalue weighted by molar-refractivity contribution is 0.595. The molecule has 47 heavy (non-hydrogen) atoms. The molecule has 2 heteroatoms. The molecule has 0 bridgehead atoms. The van der Waals surface area contributed by atoms with Crippen molar-refractivity contribution < 1.29 is 4.42 Å². The molecule has 2 aromatic heterocycles. The summed E-state index contributed by atoms with van der Waals surface area (Å²) in [5.41, 5.74) is 16.3. The Morgan fingerprint density at radius 1 is 0.574 bits per heavy atom. The zero-order chi connectivity index (χ0) is 31.3. The first-order chi connectivity index (χ1) is 23.0. The molecule has 10 rings (SSSR count). The molecule has 6 aromatic carbocycles. The van der Waals surface area contributed by atoms with E-state index >= 15 is 0 Å². The van der Waals surface area contributed by atoms with E-state index in [0.29, 0.717) is 0 Å². The smallest absolute Gasteiger partial charge is 0.135 e. The molecule has 0 spiro atoms. The number of nitrogens with zero attached hydrogens (tertiary/aromatic N) is 1. The molecule has 2 aliphatic carbocycles. The first-order valence-electron chi connectivity index (χ1n) is 16.7.